The lowest BCUT2D eigenvalue weighted by Crippen LogP contribution is -2.25. The summed E-state index contributed by atoms with van der Waals surface area (Å²) in [4.78, 5) is 22.0. The number of nitrogens with two attached hydrogens (primary N) is 1. The zero-order valence-corrected chi connectivity index (χ0v) is 18.7. The van der Waals surface area contributed by atoms with Crippen molar-refractivity contribution in [2.45, 2.75) is 19.5 Å². The lowest BCUT2D eigenvalue weighted by Gasteiger charge is -2.16. The highest BCUT2D eigenvalue weighted by Gasteiger charge is 2.18. The van der Waals surface area contributed by atoms with Crippen molar-refractivity contribution in [3.63, 3.8) is 0 Å². The summed E-state index contributed by atoms with van der Waals surface area (Å²) < 4.78 is 13.5. The van der Waals surface area contributed by atoms with Gasteiger partial charge < -0.3 is 16.4 Å². The van der Waals surface area contributed by atoms with Crippen LogP contribution in [0, 0.1) is 5.82 Å². The number of halogens is 1. The second-order valence-corrected chi connectivity index (χ2v) is 7.81. The van der Waals surface area contributed by atoms with Gasteiger partial charge >= 0.3 is 0 Å². The van der Waals surface area contributed by atoms with E-state index in [1.807, 2.05) is 48.5 Å². The summed E-state index contributed by atoms with van der Waals surface area (Å²) in [6.45, 7) is 1.06. The van der Waals surface area contributed by atoms with Crippen LogP contribution in [0.15, 0.2) is 85.2 Å². The molecule has 4 rings (SSSR count). The van der Waals surface area contributed by atoms with Gasteiger partial charge in [-0.1, -0.05) is 48.5 Å². The van der Waals surface area contributed by atoms with Gasteiger partial charge in [-0.25, -0.2) is 9.37 Å². The Morgan fingerprint density at radius 2 is 1.79 bits per heavy atom. The number of hydrogen-bond acceptors (Lipinski definition) is 5. The van der Waals surface area contributed by atoms with Crippen molar-refractivity contribution in [2.75, 3.05) is 11.9 Å². The minimum Gasteiger partial charge on any atom is -0.369 e. The van der Waals surface area contributed by atoms with Crippen molar-refractivity contribution in [3.05, 3.63) is 113 Å². The Bertz CT molecular complexity index is 1250. The summed E-state index contributed by atoms with van der Waals surface area (Å²) in [5, 5.41) is 6.21. The second kappa shape index (κ2) is 11.2. The molecular weight excluding hydrogens is 429 g/mol. The lowest BCUT2D eigenvalue weighted by atomic mass is 10.0. The predicted octanol–water partition coefficient (Wildman–Crippen LogP) is 4.33. The molecule has 2 heterocycles. The molecule has 4 aromatic rings. The minimum atomic E-state index is -0.273. The van der Waals surface area contributed by atoms with E-state index in [9.17, 15) is 9.18 Å². The zero-order chi connectivity index (χ0) is 23.8. The molecule has 0 aliphatic heterocycles. The number of hydrogen-bond donors (Lipinski definition) is 3. The van der Waals surface area contributed by atoms with Gasteiger partial charge in [0.1, 0.15) is 11.6 Å². The molecule has 0 fully saturated rings. The molecule has 0 bridgehead atoms. The Labute approximate surface area is 198 Å². The van der Waals surface area contributed by atoms with Gasteiger partial charge in [-0.2, -0.15) is 0 Å². The van der Waals surface area contributed by atoms with Gasteiger partial charge in [0.15, 0.2) is 0 Å². The highest BCUT2D eigenvalue weighted by atomic mass is 19.1. The van der Waals surface area contributed by atoms with Crippen molar-refractivity contribution < 1.29 is 9.18 Å². The molecule has 0 saturated carbocycles. The highest BCUT2D eigenvalue weighted by Crippen LogP contribution is 2.26. The van der Waals surface area contributed by atoms with E-state index in [4.69, 9.17) is 10.7 Å². The first kappa shape index (κ1) is 23.1. The highest BCUT2D eigenvalue weighted by molar-refractivity contribution is 5.99. The number of anilines is 1. The van der Waals surface area contributed by atoms with Crippen LogP contribution in [0.1, 0.15) is 27.0 Å². The van der Waals surface area contributed by atoms with Crippen LogP contribution in [0.2, 0.25) is 0 Å². The largest absolute Gasteiger partial charge is 0.369 e. The number of aromatic nitrogens is 2. The molecule has 172 valence electrons. The number of amides is 1. The van der Waals surface area contributed by atoms with Gasteiger partial charge in [0.2, 0.25) is 0 Å². The quantitative estimate of drug-likeness (QED) is 0.349. The van der Waals surface area contributed by atoms with Crippen LogP contribution in [0.3, 0.4) is 0 Å². The monoisotopic (exact) mass is 455 g/mol. The molecule has 0 aliphatic rings. The van der Waals surface area contributed by atoms with Crippen LogP contribution in [0.25, 0.3) is 11.3 Å². The SMILES string of the molecule is NCc1cc(C(=O)NCc2cccnc2)c(NCCc2cccc(F)c2)nc1-c1ccccc1. The van der Waals surface area contributed by atoms with Gasteiger partial charge in [-0.3, -0.25) is 9.78 Å². The third kappa shape index (κ3) is 5.82. The molecule has 6 nitrogen and oxygen atoms in total. The topological polar surface area (TPSA) is 92.9 Å². The molecule has 1 amide bonds. The molecule has 0 radical (unpaired) electrons. The molecule has 4 N–H and O–H groups in total. The van der Waals surface area contributed by atoms with Crippen LogP contribution in [-0.4, -0.2) is 22.4 Å². The number of nitrogens with one attached hydrogen (secondary N) is 2. The van der Waals surface area contributed by atoms with Crippen molar-refractivity contribution in [1.29, 1.82) is 0 Å². The molecule has 0 unspecified atom stereocenters. The minimum absolute atomic E-state index is 0.240. The van der Waals surface area contributed by atoms with E-state index in [1.165, 1.54) is 12.1 Å². The average molecular weight is 456 g/mol. The summed E-state index contributed by atoms with van der Waals surface area (Å²) in [5.74, 6) is -0.0835. The maximum absolute atomic E-state index is 13.5. The number of rotatable bonds is 9. The first-order valence-corrected chi connectivity index (χ1v) is 11.1. The van der Waals surface area contributed by atoms with E-state index < -0.39 is 0 Å². The van der Waals surface area contributed by atoms with Crippen molar-refractivity contribution >= 4 is 11.7 Å². The van der Waals surface area contributed by atoms with Crippen LogP contribution < -0.4 is 16.4 Å². The van der Waals surface area contributed by atoms with Crippen molar-refractivity contribution in [3.8, 4) is 11.3 Å². The van der Waals surface area contributed by atoms with E-state index in [0.717, 1.165) is 27.9 Å². The maximum Gasteiger partial charge on any atom is 0.255 e. The summed E-state index contributed by atoms with van der Waals surface area (Å²) in [5.41, 5.74) is 10.6. The first-order chi connectivity index (χ1) is 16.6. The Morgan fingerprint density at radius 1 is 0.971 bits per heavy atom. The Kier molecular flexibility index (Phi) is 7.57. The van der Waals surface area contributed by atoms with Gasteiger partial charge in [-0.05, 0) is 47.4 Å². The van der Waals surface area contributed by atoms with Gasteiger partial charge in [0, 0.05) is 37.6 Å². The Balaban J connectivity index is 1.61. The number of carbonyl (C=O) groups excluding carboxylic acids is 1. The number of nitrogens with zero attached hydrogens (tertiary/aromatic N) is 2. The van der Waals surface area contributed by atoms with E-state index in [-0.39, 0.29) is 18.3 Å². The predicted molar refractivity (Wildman–Crippen MR) is 132 cm³/mol. The molecule has 0 saturated heterocycles. The van der Waals surface area contributed by atoms with Crippen molar-refractivity contribution in [2.24, 2.45) is 5.73 Å². The maximum atomic E-state index is 13.5. The molecule has 0 atom stereocenters. The second-order valence-electron chi connectivity index (χ2n) is 7.81. The fraction of sp³-hybridized carbons (Fsp3) is 0.148. The Morgan fingerprint density at radius 3 is 2.53 bits per heavy atom. The van der Waals surface area contributed by atoms with E-state index >= 15 is 0 Å². The molecule has 0 spiro atoms. The molecule has 2 aromatic heterocycles. The smallest absolute Gasteiger partial charge is 0.255 e. The molecule has 2 aromatic carbocycles. The Hall–Kier alpha value is -4.10. The molecule has 7 heteroatoms. The van der Waals surface area contributed by atoms with Crippen LogP contribution in [0.5, 0.6) is 0 Å². The summed E-state index contributed by atoms with van der Waals surface area (Å²) in [6, 6.07) is 21.7. The summed E-state index contributed by atoms with van der Waals surface area (Å²) in [7, 11) is 0. The lowest BCUT2D eigenvalue weighted by molar-refractivity contribution is 0.0951. The van der Waals surface area contributed by atoms with Gasteiger partial charge in [-0.15, -0.1) is 0 Å². The fourth-order valence-electron chi connectivity index (χ4n) is 3.66. The van der Waals surface area contributed by atoms with E-state index in [2.05, 4.69) is 15.6 Å². The summed E-state index contributed by atoms with van der Waals surface area (Å²) in [6.07, 6.45) is 3.97. The molecule has 34 heavy (non-hydrogen) atoms. The van der Waals surface area contributed by atoms with E-state index in [1.54, 1.807) is 24.5 Å². The fourth-order valence-corrected chi connectivity index (χ4v) is 3.66. The number of benzene rings is 2. The zero-order valence-electron chi connectivity index (χ0n) is 18.7. The third-order valence-electron chi connectivity index (χ3n) is 5.38. The normalized spacial score (nSPS) is 10.6. The molecule has 0 aliphatic carbocycles. The van der Waals surface area contributed by atoms with E-state index in [0.29, 0.717) is 30.9 Å². The van der Waals surface area contributed by atoms with Crippen LogP contribution in [-0.2, 0) is 19.5 Å². The standard InChI is InChI=1S/C27H26FN5O/c28-23-10-4-6-19(14-23)11-13-31-26-24(27(34)32-18-20-7-5-12-30-17-20)15-22(16-29)25(33-26)21-8-2-1-3-9-21/h1-10,12,14-15,17H,11,13,16,18,29H2,(H,31,33)(H,32,34). The molecular formula is C27H26FN5O. The van der Waals surface area contributed by atoms with Crippen molar-refractivity contribution in [1.82, 2.24) is 15.3 Å². The average Bonchev–Trinajstić information content (AvgIpc) is 2.88. The van der Waals surface area contributed by atoms with Gasteiger partial charge in [0.25, 0.3) is 5.91 Å². The van der Waals surface area contributed by atoms with Crippen LogP contribution in [0.4, 0.5) is 10.2 Å². The number of pyridine rings is 2. The summed E-state index contributed by atoms with van der Waals surface area (Å²) >= 11 is 0. The van der Waals surface area contributed by atoms with Crippen LogP contribution >= 0.6 is 0 Å². The third-order valence-corrected chi connectivity index (χ3v) is 5.38. The first-order valence-electron chi connectivity index (χ1n) is 11.1. The number of carbonyl (C=O) groups is 1. The van der Waals surface area contributed by atoms with Gasteiger partial charge in [0.05, 0.1) is 11.3 Å².